The van der Waals surface area contributed by atoms with E-state index in [-0.39, 0.29) is 17.5 Å². The van der Waals surface area contributed by atoms with E-state index in [4.69, 9.17) is 0 Å². The van der Waals surface area contributed by atoms with Crippen LogP contribution >= 0.6 is 11.3 Å². The van der Waals surface area contributed by atoms with Crippen LogP contribution in [0.2, 0.25) is 0 Å². The second-order valence-corrected chi connectivity index (χ2v) is 7.02. The van der Waals surface area contributed by atoms with Crippen molar-refractivity contribution in [1.82, 2.24) is 14.3 Å². The summed E-state index contributed by atoms with van der Waals surface area (Å²) in [6, 6.07) is 8.07. The summed E-state index contributed by atoms with van der Waals surface area (Å²) in [4.78, 5) is 29.9. The van der Waals surface area contributed by atoms with Gasteiger partial charge in [0, 0.05) is 31.4 Å². The summed E-state index contributed by atoms with van der Waals surface area (Å²) in [7, 11) is 0. The van der Waals surface area contributed by atoms with Crippen molar-refractivity contribution in [3.8, 4) is 0 Å². The highest BCUT2D eigenvalue weighted by Gasteiger charge is 2.24. The molecule has 134 valence electrons. The Kier molecular flexibility index (Phi) is 4.29. The summed E-state index contributed by atoms with van der Waals surface area (Å²) in [6.45, 7) is 1.77. The molecular formula is C17H17N5O3S. The van der Waals surface area contributed by atoms with Crippen molar-refractivity contribution in [3.05, 3.63) is 57.1 Å². The zero-order chi connectivity index (χ0) is 18.1. The molecule has 4 rings (SSSR count). The number of aromatic nitrogens is 2. The first kappa shape index (κ1) is 16.5. The van der Waals surface area contributed by atoms with Gasteiger partial charge in [-0.2, -0.15) is 9.38 Å². The summed E-state index contributed by atoms with van der Waals surface area (Å²) >= 11 is 1.34. The number of carbonyl (C=O) groups is 1. The molecule has 26 heavy (non-hydrogen) atoms. The third kappa shape index (κ3) is 3.01. The first-order valence-corrected chi connectivity index (χ1v) is 9.20. The second-order valence-electron chi connectivity index (χ2n) is 6.15. The minimum atomic E-state index is -0.443. The molecule has 0 saturated carbocycles. The highest BCUT2D eigenvalue weighted by atomic mass is 32.1. The zero-order valence-corrected chi connectivity index (χ0v) is 14.7. The number of nitro groups is 1. The Morgan fingerprint density at radius 1 is 1.31 bits per heavy atom. The van der Waals surface area contributed by atoms with E-state index >= 15 is 0 Å². The van der Waals surface area contributed by atoms with E-state index in [1.165, 1.54) is 26.9 Å². The quantitative estimate of drug-likeness (QED) is 0.408. The number of hydrogen-bond acceptors (Lipinski definition) is 6. The third-order valence-electron chi connectivity index (χ3n) is 4.46. The maximum atomic E-state index is 12.4. The van der Waals surface area contributed by atoms with Crippen LogP contribution in [-0.2, 0) is 17.9 Å². The number of nitrogens with zero attached hydrogens (tertiary/aromatic N) is 4. The predicted molar refractivity (Wildman–Crippen MR) is 98.1 cm³/mol. The molecule has 8 nitrogen and oxygen atoms in total. The van der Waals surface area contributed by atoms with Crippen LogP contribution < -0.4 is 5.32 Å². The monoisotopic (exact) mass is 371 g/mol. The molecule has 1 aliphatic heterocycles. The molecular weight excluding hydrogens is 354 g/mol. The molecule has 1 aliphatic rings. The first-order chi connectivity index (χ1) is 12.6. The van der Waals surface area contributed by atoms with Gasteiger partial charge in [0.05, 0.1) is 0 Å². The van der Waals surface area contributed by atoms with Crippen LogP contribution in [0.1, 0.15) is 24.0 Å². The van der Waals surface area contributed by atoms with E-state index in [1.807, 2.05) is 29.2 Å². The van der Waals surface area contributed by atoms with E-state index in [2.05, 4.69) is 10.3 Å². The molecule has 0 radical (unpaired) electrons. The molecule has 2 aromatic heterocycles. The zero-order valence-electron chi connectivity index (χ0n) is 13.9. The van der Waals surface area contributed by atoms with E-state index in [9.17, 15) is 14.9 Å². The molecule has 1 N–H and O–H groups in total. The van der Waals surface area contributed by atoms with Gasteiger partial charge in [0.2, 0.25) is 11.7 Å². The van der Waals surface area contributed by atoms with Crippen LogP contribution in [0.4, 0.5) is 11.6 Å². The first-order valence-electron chi connectivity index (χ1n) is 8.32. The van der Waals surface area contributed by atoms with Crippen molar-refractivity contribution in [3.63, 3.8) is 0 Å². The number of thiazole rings is 1. The van der Waals surface area contributed by atoms with E-state index in [0.717, 1.165) is 0 Å². The van der Waals surface area contributed by atoms with Gasteiger partial charge in [-0.1, -0.05) is 35.6 Å². The van der Waals surface area contributed by atoms with Gasteiger partial charge in [0.1, 0.15) is 6.20 Å². The molecule has 3 aromatic rings. The highest BCUT2D eigenvalue weighted by Crippen LogP contribution is 2.28. The molecule has 9 heteroatoms. The number of benzene rings is 1. The lowest BCUT2D eigenvalue weighted by molar-refractivity contribution is -0.389. The minimum Gasteiger partial charge on any atom is -0.363 e. The number of carbonyl (C=O) groups excluding carboxylic acids is 1. The summed E-state index contributed by atoms with van der Waals surface area (Å²) in [5.74, 6) is 0.286. The van der Waals surface area contributed by atoms with Gasteiger partial charge in [-0.3, -0.25) is 4.79 Å². The predicted octanol–water partition coefficient (Wildman–Crippen LogP) is 3.04. The Morgan fingerprint density at radius 2 is 2.04 bits per heavy atom. The molecule has 0 unspecified atom stereocenters. The molecule has 0 aliphatic carbocycles. The average molecular weight is 371 g/mol. The van der Waals surface area contributed by atoms with Gasteiger partial charge >= 0.3 is 5.82 Å². The van der Waals surface area contributed by atoms with Gasteiger partial charge < -0.3 is 20.3 Å². The molecule has 0 bridgehead atoms. The Balaban J connectivity index is 1.31. The standard InChI is InChI=1S/C17H17N5O3S/c23-14(20-10-12-4-1-2-5-13(12)11-20)6-3-7-18-15-16(22(24)25)21-8-9-26-17(21)19-15/h1-2,4-5,8-9,18H,3,6-7,10-11H2. The lowest BCUT2D eigenvalue weighted by atomic mass is 10.1. The molecule has 0 atom stereocenters. The van der Waals surface area contributed by atoms with Crippen LogP contribution in [0, 0.1) is 10.1 Å². The maximum Gasteiger partial charge on any atom is 0.372 e. The Hall–Kier alpha value is -2.94. The Labute approximate surface area is 153 Å². The van der Waals surface area contributed by atoms with Crippen molar-refractivity contribution in [2.24, 2.45) is 0 Å². The molecule has 1 amide bonds. The number of hydrogen-bond donors (Lipinski definition) is 1. The van der Waals surface area contributed by atoms with Crippen LogP contribution in [0.3, 0.4) is 0 Å². The molecule has 1 aromatic carbocycles. The van der Waals surface area contributed by atoms with Crippen molar-refractivity contribution >= 4 is 33.8 Å². The van der Waals surface area contributed by atoms with Crippen LogP contribution in [-0.4, -0.2) is 31.7 Å². The minimum absolute atomic E-state index is 0.0671. The van der Waals surface area contributed by atoms with Crippen LogP contribution in [0.25, 0.3) is 4.96 Å². The number of nitrogens with one attached hydrogen (secondary N) is 1. The number of rotatable bonds is 6. The van der Waals surface area contributed by atoms with E-state index in [1.54, 1.807) is 11.6 Å². The maximum absolute atomic E-state index is 12.4. The van der Waals surface area contributed by atoms with E-state index in [0.29, 0.717) is 37.4 Å². The highest BCUT2D eigenvalue weighted by molar-refractivity contribution is 7.15. The van der Waals surface area contributed by atoms with Crippen LogP contribution in [0.5, 0.6) is 0 Å². The fraction of sp³-hybridized carbons (Fsp3) is 0.294. The van der Waals surface area contributed by atoms with E-state index < -0.39 is 4.92 Å². The van der Waals surface area contributed by atoms with Crippen molar-refractivity contribution in [1.29, 1.82) is 0 Å². The van der Waals surface area contributed by atoms with Crippen molar-refractivity contribution < 1.29 is 9.72 Å². The Morgan fingerprint density at radius 3 is 2.73 bits per heavy atom. The Bertz CT molecular complexity index is 955. The molecule has 0 spiro atoms. The fourth-order valence-electron chi connectivity index (χ4n) is 3.18. The SMILES string of the molecule is O=C(CCCNc1nc2sccn2c1[N+](=O)[O-])N1Cc2ccccc2C1. The lowest BCUT2D eigenvalue weighted by Gasteiger charge is -2.15. The summed E-state index contributed by atoms with van der Waals surface area (Å²) < 4.78 is 1.46. The van der Waals surface area contributed by atoms with Crippen molar-refractivity contribution in [2.45, 2.75) is 25.9 Å². The van der Waals surface area contributed by atoms with Crippen molar-refractivity contribution in [2.75, 3.05) is 11.9 Å². The number of amides is 1. The summed E-state index contributed by atoms with van der Waals surface area (Å²) in [6.07, 6.45) is 2.62. The van der Waals surface area contributed by atoms with Gasteiger partial charge in [-0.25, -0.2) is 0 Å². The molecule has 0 saturated heterocycles. The number of fused-ring (bicyclic) bond motifs is 2. The number of anilines is 1. The number of imidazole rings is 1. The molecule has 0 fully saturated rings. The van der Waals surface area contributed by atoms with Gasteiger partial charge in [0.25, 0.3) is 4.96 Å². The third-order valence-corrected chi connectivity index (χ3v) is 5.22. The lowest BCUT2D eigenvalue weighted by Crippen LogP contribution is -2.25. The topological polar surface area (TPSA) is 92.8 Å². The fourth-order valence-corrected chi connectivity index (χ4v) is 3.89. The summed E-state index contributed by atoms with van der Waals surface area (Å²) in [5.41, 5.74) is 2.40. The van der Waals surface area contributed by atoms with Gasteiger partial charge in [-0.15, -0.1) is 0 Å². The van der Waals surface area contributed by atoms with Gasteiger partial charge in [0.15, 0.2) is 0 Å². The average Bonchev–Trinajstić information content (AvgIpc) is 3.31. The van der Waals surface area contributed by atoms with Crippen LogP contribution in [0.15, 0.2) is 35.8 Å². The molecule has 3 heterocycles. The normalized spacial score (nSPS) is 13.2. The smallest absolute Gasteiger partial charge is 0.363 e. The second kappa shape index (κ2) is 6.75. The van der Waals surface area contributed by atoms with Gasteiger partial charge in [-0.05, 0) is 22.5 Å². The summed E-state index contributed by atoms with van der Waals surface area (Å²) in [5, 5.41) is 16.0. The largest absolute Gasteiger partial charge is 0.372 e.